The van der Waals surface area contributed by atoms with Gasteiger partial charge in [0.05, 0.1) is 11.3 Å². The second-order valence-electron chi connectivity index (χ2n) is 7.48. The van der Waals surface area contributed by atoms with Gasteiger partial charge in [-0.05, 0) is 36.5 Å². The number of hydrogen-bond acceptors (Lipinski definition) is 5. The van der Waals surface area contributed by atoms with E-state index in [1.54, 1.807) is 42.4 Å². The number of amides is 2. The highest BCUT2D eigenvalue weighted by atomic mass is 16.6. The lowest BCUT2D eigenvalue weighted by Gasteiger charge is -2.32. The standard InChI is InChI=1S/C21H24N4O5/c1-23-10-2-3-18(20(23)27)21(28)24-11-8-16(9-12-24)14-22-19(26)13-15-4-6-17(7-5-15)25(29)30/h2-7,10,16H,8-9,11-14H2,1H3,(H,22,26). The third kappa shape index (κ3) is 5.11. The molecule has 30 heavy (non-hydrogen) atoms. The summed E-state index contributed by atoms with van der Waals surface area (Å²) in [5.74, 6) is -0.138. The quantitative estimate of drug-likeness (QED) is 0.570. The predicted molar refractivity (Wildman–Crippen MR) is 110 cm³/mol. The largest absolute Gasteiger partial charge is 0.356 e. The molecule has 0 bridgehead atoms. The van der Waals surface area contributed by atoms with Crippen molar-refractivity contribution in [1.29, 1.82) is 0 Å². The van der Waals surface area contributed by atoms with Gasteiger partial charge in [-0.2, -0.15) is 0 Å². The first kappa shape index (κ1) is 21.2. The summed E-state index contributed by atoms with van der Waals surface area (Å²) in [5, 5.41) is 13.6. The molecule has 1 aromatic carbocycles. The predicted octanol–water partition coefficient (Wildman–Crippen LogP) is 1.50. The Bertz CT molecular complexity index is 991. The first-order chi connectivity index (χ1) is 14.3. The zero-order chi connectivity index (χ0) is 21.7. The molecule has 1 fully saturated rings. The average molecular weight is 412 g/mol. The molecule has 1 saturated heterocycles. The number of likely N-dealkylation sites (tertiary alicyclic amines) is 1. The van der Waals surface area contributed by atoms with E-state index in [4.69, 9.17) is 0 Å². The van der Waals surface area contributed by atoms with Gasteiger partial charge in [-0.25, -0.2) is 0 Å². The van der Waals surface area contributed by atoms with Crippen LogP contribution in [0.5, 0.6) is 0 Å². The van der Waals surface area contributed by atoms with E-state index in [1.165, 1.54) is 16.7 Å². The molecule has 2 aromatic rings. The highest BCUT2D eigenvalue weighted by Crippen LogP contribution is 2.18. The lowest BCUT2D eigenvalue weighted by atomic mass is 9.96. The van der Waals surface area contributed by atoms with Gasteiger partial charge >= 0.3 is 0 Å². The number of pyridine rings is 1. The average Bonchev–Trinajstić information content (AvgIpc) is 2.74. The van der Waals surface area contributed by atoms with Gasteiger partial charge in [-0.15, -0.1) is 0 Å². The number of carbonyl (C=O) groups is 2. The minimum Gasteiger partial charge on any atom is -0.356 e. The number of nitro groups is 1. The number of non-ortho nitro benzene ring substituents is 1. The van der Waals surface area contributed by atoms with E-state index in [1.807, 2.05) is 0 Å². The number of nitrogens with zero attached hydrogens (tertiary/aromatic N) is 3. The van der Waals surface area contributed by atoms with E-state index in [-0.39, 0.29) is 41.0 Å². The van der Waals surface area contributed by atoms with Crippen molar-refractivity contribution in [2.45, 2.75) is 19.3 Å². The van der Waals surface area contributed by atoms with Crippen molar-refractivity contribution in [3.8, 4) is 0 Å². The molecular weight excluding hydrogens is 388 g/mol. The molecule has 2 heterocycles. The smallest absolute Gasteiger partial charge is 0.269 e. The second kappa shape index (κ2) is 9.34. The van der Waals surface area contributed by atoms with Crippen molar-refractivity contribution in [2.75, 3.05) is 19.6 Å². The number of nitro benzene ring substituents is 1. The molecule has 1 aliphatic heterocycles. The van der Waals surface area contributed by atoms with Crippen LogP contribution in [0.1, 0.15) is 28.8 Å². The molecule has 9 heteroatoms. The molecule has 0 radical (unpaired) electrons. The van der Waals surface area contributed by atoms with Gasteiger partial charge in [-0.3, -0.25) is 24.5 Å². The molecule has 2 amide bonds. The van der Waals surface area contributed by atoms with Crippen molar-refractivity contribution in [1.82, 2.24) is 14.8 Å². The molecule has 1 aromatic heterocycles. The van der Waals surface area contributed by atoms with E-state index in [0.29, 0.717) is 25.2 Å². The molecule has 1 aliphatic rings. The van der Waals surface area contributed by atoms with Gasteiger partial charge in [0.2, 0.25) is 5.91 Å². The molecular formula is C21H24N4O5. The van der Waals surface area contributed by atoms with Crippen molar-refractivity contribution in [3.63, 3.8) is 0 Å². The maximum atomic E-state index is 12.6. The summed E-state index contributed by atoms with van der Waals surface area (Å²) >= 11 is 0. The first-order valence-corrected chi connectivity index (χ1v) is 9.80. The minimum atomic E-state index is -0.476. The van der Waals surface area contributed by atoms with Crippen LogP contribution in [0.15, 0.2) is 47.4 Å². The number of piperidine rings is 1. The topological polar surface area (TPSA) is 115 Å². The number of nitrogens with one attached hydrogen (secondary N) is 1. The first-order valence-electron chi connectivity index (χ1n) is 9.80. The summed E-state index contributed by atoms with van der Waals surface area (Å²) in [4.78, 5) is 48.8. The molecule has 0 spiro atoms. The Morgan fingerprint density at radius 1 is 1.17 bits per heavy atom. The third-order valence-corrected chi connectivity index (χ3v) is 5.36. The van der Waals surface area contributed by atoms with Gasteiger partial charge in [0.1, 0.15) is 5.56 Å². The Morgan fingerprint density at radius 2 is 1.83 bits per heavy atom. The summed E-state index contributed by atoms with van der Waals surface area (Å²) in [5.41, 5.74) is 0.578. The molecule has 0 aliphatic carbocycles. The van der Waals surface area contributed by atoms with Crippen LogP contribution < -0.4 is 10.9 Å². The number of rotatable bonds is 6. The zero-order valence-corrected chi connectivity index (χ0v) is 16.7. The number of aromatic nitrogens is 1. The Balaban J connectivity index is 1.45. The van der Waals surface area contributed by atoms with Crippen molar-refractivity contribution in [2.24, 2.45) is 13.0 Å². The van der Waals surface area contributed by atoms with Crippen LogP contribution in [-0.2, 0) is 18.3 Å². The van der Waals surface area contributed by atoms with Crippen molar-refractivity contribution in [3.05, 3.63) is 74.2 Å². The van der Waals surface area contributed by atoms with Crippen LogP contribution in [0.4, 0.5) is 5.69 Å². The van der Waals surface area contributed by atoms with E-state index in [9.17, 15) is 24.5 Å². The number of benzene rings is 1. The summed E-state index contributed by atoms with van der Waals surface area (Å²) in [7, 11) is 1.62. The number of aryl methyl sites for hydroxylation is 1. The van der Waals surface area contributed by atoms with E-state index < -0.39 is 4.92 Å². The van der Waals surface area contributed by atoms with Crippen LogP contribution in [0.2, 0.25) is 0 Å². The van der Waals surface area contributed by atoms with Gasteiger partial charge in [0, 0.05) is 45.0 Å². The fraction of sp³-hybridized carbons (Fsp3) is 0.381. The van der Waals surface area contributed by atoms with Gasteiger partial charge in [-0.1, -0.05) is 12.1 Å². The molecule has 0 saturated carbocycles. The highest BCUT2D eigenvalue weighted by Gasteiger charge is 2.25. The van der Waals surface area contributed by atoms with Crippen molar-refractivity contribution < 1.29 is 14.5 Å². The second-order valence-corrected chi connectivity index (χ2v) is 7.48. The molecule has 1 N–H and O–H groups in total. The zero-order valence-electron chi connectivity index (χ0n) is 16.7. The van der Waals surface area contributed by atoms with Crippen molar-refractivity contribution >= 4 is 17.5 Å². The fourth-order valence-corrected chi connectivity index (χ4v) is 3.51. The summed E-state index contributed by atoms with van der Waals surface area (Å²) in [6, 6.07) is 9.16. The highest BCUT2D eigenvalue weighted by molar-refractivity contribution is 5.93. The van der Waals surface area contributed by atoms with Crippen LogP contribution in [-0.4, -0.2) is 45.8 Å². The molecule has 0 atom stereocenters. The van der Waals surface area contributed by atoms with Gasteiger partial charge in [0.25, 0.3) is 17.2 Å². The Labute approximate surface area is 173 Å². The van der Waals surface area contributed by atoms with E-state index in [0.717, 1.165) is 12.8 Å². The summed E-state index contributed by atoms with van der Waals surface area (Å²) < 4.78 is 1.39. The summed E-state index contributed by atoms with van der Waals surface area (Å²) in [6.45, 7) is 1.60. The molecule has 158 valence electrons. The van der Waals surface area contributed by atoms with Gasteiger partial charge in [0.15, 0.2) is 0 Å². The number of hydrogen-bond donors (Lipinski definition) is 1. The maximum absolute atomic E-state index is 12.6. The number of carbonyl (C=O) groups excluding carboxylic acids is 2. The Morgan fingerprint density at radius 3 is 2.47 bits per heavy atom. The minimum absolute atomic E-state index is 0.00572. The molecule has 3 rings (SSSR count). The SMILES string of the molecule is Cn1cccc(C(=O)N2CCC(CNC(=O)Cc3ccc([N+](=O)[O-])cc3)CC2)c1=O. The van der Waals surface area contributed by atoms with E-state index in [2.05, 4.69) is 5.32 Å². The Hall–Kier alpha value is -3.49. The fourth-order valence-electron chi connectivity index (χ4n) is 3.51. The van der Waals surface area contributed by atoms with Crippen LogP contribution in [0.3, 0.4) is 0 Å². The summed E-state index contributed by atoms with van der Waals surface area (Å²) in [6.07, 6.45) is 3.27. The van der Waals surface area contributed by atoms with Crippen LogP contribution in [0, 0.1) is 16.0 Å². The normalized spacial score (nSPS) is 14.4. The van der Waals surface area contributed by atoms with E-state index >= 15 is 0 Å². The Kier molecular flexibility index (Phi) is 6.61. The lowest BCUT2D eigenvalue weighted by molar-refractivity contribution is -0.384. The molecule has 0 unspecified atom stereocenters. The monoisotopic (exact) mass is 412 g/mol. The maximum Gasteiger partial charge on any atom is 0.269 e. The third-order valence-electron chi connectivity index (χ3n) is 5.36. The molecule has 9 nitrogen and oxygen atoms in total. The lowest BCUT2D eigenvalue weighted by Crippen LogP contribution is -2.43. The van der Waals surface area contributed by atoms with Gasteiger partial charge < -0.3 is 14.8 Å². The van der Waals surface area contributed by atoms with Crippen LogP contribution in [0.25, 0.3) is 0 Å². The van der Waals surface area contributed by atoms with Crippen LogP contribution >= 0.6 is 0 Å².